The van der Waals surface area contributed by atoms with E-state index in [1.54, 1.807) is 47.1 Å². The van der Waals surface area contributed by atoms with Gasteiger partial charge in [-0.3, -0.25) is 29.4 Å². The molecule has 6 aromatic carbocycles. The number of anilines is 1. The Kier molecular flexibility index (Phi) is 11.6. The maximum atomic E-state index is 16.2. The number of aliphatic hydroxyl groups is 1. The number of ether oxygens (including phenoxy) is 3. The molecule has 17 nitrogen and oxygen atoms in total. The Morgan fingerprint density at radius 2 is 1.54 bits per heavy atom. The molecule has 0 aliphatic carbocycles. The van der Waals surface area contributed by atoms with E-state index in [1.807, 2.05) is 89.8 Å². The highest BCUT2D eigenvalue weighted by atomic mass is 16.6. The summed E-state index contributed by atoms with van der Waals surface area (Å²) in [6, 6.07) is 39.3. The molecule has 3 amide bonds. The zero-order valence-corrected chi connectivity index (χ0v) is 36.5. The van der Waals surface area contributed by atoms with Crippen molar-refractivity contribution in [3.8, 4) is 17.6 Å². The Morgan fingerprint density at radius 1 is 0.841 bits per heavy atom. The number of rotatable bonds is 11. The number of non-ortho nitro benzene ring substituents is 1. The number of benzene rings is 6. The van der Waals surface area contributed by atoms with Crippen molar-refractivity contribution in [2.24, 2.45) is 11.7 Å². The van der Waals surface area contributed by atoms with E-state index in [-0.39, 0.29) is 43.3 Å². The normalized spacial score (nSPS) is 21.5. The second-order valence-electron chi connectivity index (χ2n) is 16.7. The van der Waals surface area contributed by atoms with Gasteiger partial charge in [0.05, 0.1) is 40.7 Å². The Morgan fingerprint density at radius 3 is 2.23 bits per heavy atom. The van der Waals surface area contributed by atoms with Crippen molar-refractivity contribution < 1.29 is 43.4 Å². The molecular weight excluding hydrogens is 883 g/mol. The first-order valence-electron chi connectivity index (χ1n) is 22.0. The van der Waals surface area contributed by atoms with Crippen LogP contribution in [0.3, 0.4) is 0 Å². The second-order valence-corrected chi connectivity index (χ2v) is 16.7. The third kappa shape index (κ3) is 7.67. The summed E-state index contributed by atoms with van der Waals surface area (Å²) in [7, 11) is 0. The van der Waals surface area contributed by atoms with Crippen LogP contribution in [-0.4, -0.2) is 73.1 Å². The second kappa shape index (κ2) is 18.2. The lowest BCUT2D eigenvalue weighted by molar-refractivity contribution is -0.384. The number of nitrogens with two attached hydrogens (primary N) is 1. The van der Waals surface area contributed by atoms with E-state index in [9.17, 15) is 24.8 Å². The van der Waals surface area contributed by atoms with Crippen molar-refractivity contribution in [1.82, 2.24) is 19.9 Å². The number of imide groups is 1. The number of nitrogens with zero attached hydrogens (tertiary/aromatic N) is 6. The number of para-hydroxylation sites is 1. The Labute approximate surface area is 393 Å². The summed E-state index contributed by atoms with van der Waals surface area (Å²) in [5, 5.41) is 29.4. The largest absolute Gasteiger partial charge is 0.491 e. The lowest BCUT2D eigenvalue weighted by atomic mass is 9.65. The number of hydrogen-bond donors (Lipinski definition) is 2. The molecule has 69 heavy (non-hydrogen) atoms. The average Bonchev–Trinajstić information content (AvgIpc) is 4.02. The SMILES string of the molecule is NC(=O)[C@@H]1[C@H]2C(=O)O[C@H](c3ccccc3)[C@H](c3ccccc3)N2[C@H](c2ccc(OCCO)cc2)[C@@]12C(=O)N(C(=O)OCc1ccc([N+](=O)[O-])cc1)c1ccc(C#CCn3nnc4ccccc43)cc12. The zero-order valence-electron chi connectivity index (χ0n) is 36.5. The Balaban J connectivity index is 1.18. The van der Waals surface area contributed by atoms with Gasteiger partial charge >= 0.3 is 12.1 Å². The monoisotopic (exact) mass is 923 g/mol. The fraction of sp³-hybridized carbons (Fsp3) is 0.192. The number of esters is 1. The van der Waals surface area contributed by atoms with Crippen LogP contribution in [0.2, 0.25) is 0 Å². The summed E-state index contributed by atoms with van der Waals surface area (Å²) in [4.78, 5) is 73.9. The lowest BCUT2D eigenvalue weighted by Gasteiger charge is -2.46. The van der Waals surface area contributed by atoms with Gasteiger partial charge in [-0.15, -0.1) is 5.10 Å². The van der Waals surface area contributed by atoms with Crippen molar-refractivity contribution >= 4 is 46.3 Å². The van der Waals surface area contributed by atoms with E-state index in [0.29, 0.717) is 39.1 Å². The van der Waals surface area contributed by atoms with Gasteiger partial charge in [0.15, 0.2) is 0 Å². The molecule has 3 aliphatic rings. The number of carbonyl (C=O) groups excluding carboxylic acids is 4. The number of cyclic esters (lactones) is 1. The lowest BCUT2D eigenvalue weighted by Crippen LogP contribution is -2.55. The first kappa shape index (κ1) is 44.1. The third-order valence-corrected chi connectivity index (χ3v) is 12.9. The molecule has 10 rings (SSSR count). The van der Waals surface area contributed by atoms with E-state index in [0.717, 1.165) is 10.4 Å². The van der Waals surface area contributed by atoms with Crippen LogP contribution in [0, 0.1) is 27.9 Å². The predicted molar refractivity (Wildman–Crippen MR) is 248 cm³/mol. The van der Waals surface area contributed by atoms with Gasteiger partial charge in [0.2, 0.25) is 11.8 Å². The number of aliphatic hydroxyl groups excluding tert-OH is 1. The van der Waals surface area contributed by atoms with Crippen LogP contribution in [0.4, 0.5) is 16.2 Å². The number of hydrogen-bond acceptors (Lipinski definition) is 13. The van der Waals surface area contributed by atoms with Crippen LogP contribution in [0.15, 0.2) is 152 Å². The van der Waals surface area contributed by atoms with Gasteiger partial charge in [-0.25, -0.2) is 14.4 Å². The first-order valence-corrected chi connectivity index (χ1v) is 22.0. The fourth-order valence-corrected chi connectivity index (χ4v) is 10.1. The van der Waals surface area contributed by atoms with E-state index >= 15 is 9.59 Å². The van der Waals surface area contributed by atoms with Gasteiger partial charge in [0, 0.05) is 17.7 Å². The predicted octanol–water partition coefficient (Wildman–Crippen LogP) is 6.25. The van der Waals surface area contributed by atoms with Crippen molar-refractivity contribution in [2.75, 3.05) is 18.1 Å². The summed E-state index contributed by atoms with van der Waals surface area (Å²) in [6.07, 6.45) is -2.07. The highest BCUT2D eigenvalue weighted by Gasteiger charge is 2.75. The van der Waals surface area contributed by atoms with E-state index in [2.05, 4.69) is 22.2 Å². The molecule has 0 unspecified atom stereocenters. The summed E-state index contributed by atoms with van der Waals surface area (Å²) in [5.74, 6) is 2.33. The average molecular weight is 924 g/mol. The van der Waals surface area contributed by atoms with Gasteiger partial charge in [0.25, 0.3) is 5.69 Å². The molecule has 2 saturated heterocycles. The van der Waals surface area contributed by atoms with E-state index in [1.165, 1.54) is 24.3 Å². The molecule has 1 aromatic heterocycles. The molecule has 3 aliphatic heterocycles. The van der Waals surface area contributed by atoms with Crippen molar-refractivity contribution in [3.05, 3.63) is 195 Å². The Bertz CT molecular complexity index is 3190. The quantitative estimate of drug-likeness (QED) is 0.0635. The van der Waals surface area contributed by atoms with Crippen molar-refractivity contribution in [1.29, 1.82) is 0 Å². The molecule has 0 bridgehead atoms. The number of morpholine rings is 1. The summed E-state index contributed by atoms with van der Waals surface area (Å²) in [5.41, 5.74) is 8.49. The molecule has 17 heteroatoms. The van der Waals surface area contributed by atoms with Crippen LogP contribution in [-0.2, 0) is 42.4 Å². The zero-order chi connectivity index (χ0) is 47.8. The molecular formula is C52H41N7O10. The molecule has 2 fully saturated rings. The topological polar surface area (TPSA) is 223 Å². The molecule has 1 spiro atoms. The van der Waals surface area contributed by atoms with Gasteiger partial charge in [0.1, 0.15) is 48.6 Å². The molecule has 0 saturated carbocycles. The van der Waals surface area contributed by atoms with Crippen LogP contribution in [0.5, 0.6) is 5.75 Å². The highest BCUT2D eigenvalue weighted by Crippen LogP contribution is 2.65. The number of nitro benzene ring substituents is 1. The number of primary amides is 1. The van der Waals surface area contributed by atoms with E-state index in [4.69, 9.17) is 19.9 Å². The van der Waals surface area contributed by atoms with Gasteiger partial charge < -0.3 is 25.1 Å². The fourth-order valence-electron chi connectivity index (χ4n) is 10.1. The first-order chi connectivity index (χ1) is 33.6. The minimum atomic E-state index is -2.14. The number of nitro groups is 1. The summed E-state index contributed by atoms with van der Waals surface area (Å²) < 4.78 is 19.6. The maximum Gasteiger partial charge on any atom is 0.421 e. The van der Waals surface area contributed by atoms with Crippen LogP contribution in [0.25, 0.3) is 11.0 Å². The summed E-state index contributed by atoms with van der Waals surface area (Å²) in [6.45, 7) is -0.475. The van der Waals surface area contributed by atoms with E-state index < -0.39 is 64.4 Å². The molecule has 0 radical (unpaired) electrons. The highest BCUT2D eigenvalue weighted by molar-refractivity contribution is 6.23. The molecule has 7 aromatic rings. The van der Waals surface area contributed by atoms with Crippen LogP contribution >= 0.6 is 0 Å². The Hall–Kier alpha value is -8.72. The third-order valence-electron chi connectivity index (χ3n) is 12.9. The van der Waals surface area contributed by atoms with Crippen LogP contribution in [0.1, 0.15) is 51.6 Å². The minimum Gasteiger partial charge on any atom is -0.491 e. The maximum absolute atomic E-state index is 16.2. The standard InChI is InChI=1S/C52H41N7O10/c53-48(61)43-45-49(62)69-46(35-13-5-2-6-14-35)44(34-11-3-1-4-12-34)58(45)47(36-20-24-38(25-21-36)67-29-28-60)52(43)39-30-32(10-9-27-56-42-16-8-7-15-40(42)54-55-56)19-26-41(39)57(50(52)63)51(64)68-31-33-17-22-37(23-18-33)59(65)66/h1-8,11-26,30,43-47,60H,27-29,31H2,(H2,53,61)/t43-,44-,45-,46+,47+,52-/m0/s1. The molecule has 4 heterocycles. The van der Waals surface area contributed by atoms with Gasteiger partial charge in [-0.2, -0.15) is 0 Å². The van der Waals surface area contributed by atoms with Crippen LogP contribution < -0.4 is 15.4 Å². The van der Waals surface area contributed by atoms with Crippen molar-refractivity contribution in [2.45, 2.75) is 42.8 Å². The summed E-state index contributed by atoms with van der Waals surface area (Å²) >= 11 is 0. The van der Waals surface area contributed by atoms with Gasteiger partial charge in [-0.05, 0) is 82.4 Å². The smallest absolute Gasteiger partial charge is 0.421 e. The number of carbonyl (C=O) groups is 4. The number of amides is 3. The molecule has 344 valence electrons. The minimum absolute atomic E-state index is 0.00505. The number of fused-ring (bicyclic) bond motifs is 4. The molecule has 3 N–H and O–H groups in total. The number of aromatic nitrogens is 3. The molecule has 6 atom stereocenters. The van der Waals surface area contributed by atoms with Crippen molar-refractivity contribution in [3.63, 3.8) is 0 Å². The van der Waals surface area contributed by atoms with Gasteiger partial charge in [-0.1, -0.05) is 102 Å².